The van der Waals surface area contributed by atoms with E-state index < -0.39 is 0 Å². The van der Waals surface area contributed by atoms with Crippen molar-refractivity contribution >= 4 is 5.91 Å². The zero-order valence-electron chi connectivity index (χ0n) is 14.9. The molecular formula is C18H27N3O4. The number of hydrogen-bond donors (Lipinski definition) is 0. The van der Waals surface area contributed by atoms with Gasteiger partial charge in [0.05, 0.1) is 13.2 Å². The summed E-state index contributed by atoms with van der Waals surface area (Å²) in [6.07, 6.45) is 4.21. The van der Waals surface area contributed by atoms with Gasteiger partial charge in [-0.3, -0.25) is 9.69 Å². The van der Waals surface area contributed by atoms with Crippen molar-refractivity contribution in [2.75, 3.05) is 46.0 Å². The van der Waals surface area contributed by atoms with E-state index >= 15 is 0 Å². The lowest BCUT2D eigenvalue weighted by molar-refractivity contribution is 0.0102. The van der Waals surface area contributed by atoms with Gasteiger partial charge in [-0.15, -0.1) is 0 Å². The summed E-state index contributed by atoms with van der Waals surface area (Å²) in [5.74, 6) is 1.08. The van der Waals surface area contributed by atoms with Crippen LogP contribution in [-0.4, -0.2) is 72.7 Å². The van der Waals surface area contributed by atoms with Crippen molar-refractivity contribution in [2.24, 2.45) is 5.92 Å². The van der Waals surface area contributed by atoms with Crippen molar-refractivity contribution in [3.05, 3.63) is 17.8 Å². The third-order valence-electron chi connectivity index (χ3n) is 5.75. The fourth-order valence-corrected chi connectivity index (χ4v) is 4.32. The summed E-state index contributed by atoms with van der Waals surface area (Å²) in [7, 11) is 0. The van der Waals surface area contributed by atoms with Crippen LogP contribution >= 0.6 is 0 Å². The molecule has 0 N–H and O–H groups in total. The summed E-state index contributed by atoms with van der Waals surface area (Å²) in [6.45, 7) is 7.95. The number of morpholine rings is 1. The first kappa shape index (κ1) is 17.0. The summed E-state index contributed by atoms with van der Waals surface area (Å²) in [5, 5.41) is 0. The van der Waals surface area contributed by atoms with E-state index in [2.05, 4.69) is 16.8 Å². The number of hydrogen-bond acceptors (Lipinski definition) is 6. The Morgan fingerprint density at radius 3 is 2.84 bits per heavy atom. The van der Waals surface area contributed by atoms with Crippen molar-refractivity contribution in [3.8, 4) is 0 Å². The van der Waals surface area contributed by atoms with Gasteiger partial charge in [0, 0.05) is 38.8 Å². The lowest BCUT2D eigenvalue weighted by Gasteiger charge is -2.34. The molecule has 0 spiro atoms. The van der Waals surface area contributed by atoms with Gasteiger partial charge in [-0.2, -0.15) is 0 Å². The van der Waals surface area contributed by atoms with Gasteiger partial charge in [-0.25, -0.2) is 4.98 Å². The van der Waals surface area contributed by atoms with E-state index in [1.807, 2.05) is 4.90 Å². The second-order valence-corrected chi connectivity index (χ2v) is 7.16. The van der Waals surface area contributed by atoms with Crippen LogP contribution in [0.1, 0.15) is 48.5 Å². The van der Waals surface area contributed by atoms with Crippen LogP contribution in [0.5, 0.6) is 0 Å². The smallest absolute Gasteiger partial charge is 0.276 e. The first-order valence-electron chi connectivity index (χ1n) is 9.44. The monoisotopic (exact) mass is 349 g/mol. The molecule has 138 valence electrons. The highest BCUT2D eigenvalue weighted by Gasteiger charge is 2.40. The maximum atomic E-state index is 13.1. The molecule has 1 aromatic heterocycles. The largest absolute Gasteiger partial charge is 0.445 e. The molecule has 1 amide bonds. The van der Waals surface area contributed by atoms with Crippen LogP contribution in [-0.2, 0) is 9.47 Å². The molecule has 3 fully saturated rings. The zero-order valence-corrected chi connectivity index (χ0v) is 14.9. The molecule has 3 aliphatic heterocycles. The van der Waals surface area contributed by atoms with Gasteiger partial charge < -0.3 is 18.8 Å². The Morgan fingerprint density at radius 1 is 1.28 bits per heavy atom. The van der Waals surface area contributed by atoms with Gasteiger partial charge in [0.1, 0.15) is 6.10 Å². The Kier molecular flexibility index (Phi) is 5.05. The predicted molar refractivity (Wildman–Crippen MR) is 90.3 cm³/mol. The van der Waals surface area contributed by atoms with Crippen molar-refractivity contribution in [1.29, 1.82) is 0 Å². The molecule has 1 aromatic rings. The van der Waals surface area contributed by atoms with E-state index in [4.69, 9.17) is 13.9 Å². The Hall–Kier alpha value is -1.44. The molecule has 0 unspecified atom stereocenters. The average molecular weight is 349 g/mol. The molecule has 0 aliphatic carbocycles. The average Bonchev–Trinajstić information content (AvgIpc) is 3.41. The Morgan fingerprint density at radius 2 is 2.12 bits per heavy atom. The third kappa shape index (κ3) is 3.32. The minimum Gasteiger partial charge on any atom is -0.445 e. The molecule has 7 heteroatoms. The molecule has 0 saturated carbocycles. The quantitative estimate of drug-likeness (QED) is 0.824. The van der Waals surface area contributed by atoms with Gasteiger partial charge in [-0.1, -0.05) is 13.3 Å². The van der Waals surface area contributed by atoms with E-state index in [0.717, 1.165) is 65.3 Å². The first-order valence-corrected chi connectivity index (χ1v) is 9.44. The van der Waals surface area contributed by atoms with E-state index in [0.29, 0.717) is 23.4 Å². The predicted octanol–water partition coefficient (Wildman–Crippen LogP) is 1.71. The molecule has 3 atom stereocenters. The van der Waals surface area contributed by atoms with Crippen LogP contribution in [0, 0.1) is 5.92 Å². The second kappa shape index (κ2) is 7.43. The number of likely N-dealkylation sites (tertiary alicyclic amines) is 1. The molecule has 4 heterocycles. The summed E-state index contributed by atoms with van der Waals surface area (Å²) in [5.41, 5.74) is 0.435. The SMILES string of the molecule is CC[C@@H]1CN(C(=O)c2ncoc2[C@H]2CCCO2)C[C@@H]1N1CCOCC1. The van der Waals surface area contributed by atoms with Gasteiger partial charge >= 0.3 is 0 Å². The number of carbonyl (C=O) groups excluding carboxylic acids is 1. The lowest BCUT2D eigenvalue weighted by Crippen LogP contribution is -2.47. The van der Waals surface area contributed by atoms with E-state index in [1.54, 1.807) is 0 Å². The minimum atomic E-state index is -0.124. The summed E-state index contributed by atoms with van der Waals surface area (Å²) < 4.78 is 16.7. The molecule has 0 radical (unpaired) electrons. The van der Waals surface area contributed by atoms with Crippen molar-refractivity contribution in [1.82, 2.24) is 14.8 Å². The van der Waals surface area contributed by atoms with E-state index in [1.165, 1.54) is 6.39 Å². The minimum absolute atomic E-state index is 0.0199. The number of ether oxygens (including phenoxy) is 2. The molecule has 4 rings (SSSR count). The lowest BCUT2D eigenvalue weighted by atomic mass is 9.99. The molecule has 3 aliphatic rings. The van der Waals surface area contributed by atoms with Crippen LogP contribution < -0.4 is 0 Å². The number of nitrogens with zero attached hydrogens (tertiary/aromatic N) is 3. The highest BCUT2D eigenvalue weighted by molar-refractivity contribution is 5.93. The van der Waals surface area contributed by atoms with Gasteiger partial charge in [0.25, 0.3) is 5.91 Å². The van der Waals surface area contributed by atoms with E-state index in [9.17, 15) is 4.79 Å². The molecule has 7 nitrogen and oxygen atoms in total. The number of amides is 1. The maximum Gasteiger partial charge on any atom is 0.276 e. The van der Waals surface area contributed by atoms with Gasteiger partial charge in [-0.05, 0) is 18.8 Å². The molecule has 25 heavy (non-hydrogen) atoms. The molecular weight excluding hydrogens is 322 g/mol. The number of oxazole rings is 1. The van der Waals surface area contributed by atoms with Crippen LogP contribution in [0.25, 0.3) is 0 Å². The van der Waals surface area contributed by atoms with Gasteiger partial charge in [0.15, 0.2) is 17.8 Å². The van der Waals surface area contributed by atoms with Crippen molar-refractivity contribution in [2.45, 2.75) is 38.3 Å². The number of aromatic nitrogens is 1. The topological polar surface area (TPSA) is 68.0 Å². The normalized spacial score (nSPS) is 30.9. The fourth-order valence-electron chi connectivity index (χ4n) is 4.32. The highest BCUT2D eigenvalue weighted by Crippen LogP contribution is 2.32. The number of carbonyl (C=O) groups is 1. The van der Waals surface area contributed by atoms with Crippen LogP contribution in [0.3, 0.4) is 0 Å². The fraction of sp³-hybridized carbons (Fsp3) is 0.778. The molecule has 3 saturated heterocycles. The maximum absolute atomic E-state index is 13.1. The first-order chi connectivity index (χ1) is 12.3. The van der Waals surface area contributed by atoms with Crippen LogP contribution in [0.4, 0.5) is 0 Å². The standard InChI is InChI=1S/C18H27N3O4/c1-2-13-10-21(11-14(13)20-5-8-23-9-6-20)18(22)16-17(25-12-19-16)15-4-3-7-24-15/h12-15H,2-11H2,1H3/t13-,14+,15-/m1/s1. The highest BCUT2D eigenvalue weighted by atomic mass is 16.5. The summed E-state index contributed by atoms with van der Waals surface area (Å²) >= 11 is 0. The van der Waals surface area contributed by atoms with Crippen LogP contribution in [0.2, 0.25) is 0 Å². The Balaban J connectivity index is 1.48. The zero-order chi connectivity index (χ0) is 17.2. The molecule has 0 aromatic carbocycles. The molecule has 0 bridgehead atoms. The Bertz CT molecular complexity index is 593. The second-order valence-electron chi connectivity index (χ2n) is 7.16. The third-order valence-corrected chi connectivity index (χ3v) is 5.75. The van der Waals surface area contributed by atoms with Crippen molar-refractivity contribution < 1.29 is 18.7 Å². The van der Waals surface area contributed by atoms with E-state index in [-0.39, 0.29) is 12.0 Å². The summed E-state index contributed by atoms with van der Waals surface area (Å²) in [4.78, 5) is 21.7. The van der Waals surface area contributed by atoms with Crippen LogP contribution in [0.15, 0.2) is 10.8 Å². The van der Waals surface area contributed by atoms with Gasteiger partial charge in [0.2, 0.25) is 0 Å². The Labute approximate surface area is 148 Å². The van der Waals surface area contributed by atoms with Crippen molar-refractivity contribution in [3.63, 3.8) is 0 Å². The number of rotatable bonds is 4. The summed E-state index contributed by atoms with van der Waals surface area (Å²) in [6, 6.07) is 0.413.